The number of hydrogen-bond donors (Lipinski definition) is 2. The van der Waals surface area contributed by atoms with E-state index in [1.54, 1.807) is 6.20 Å². The van der Waals surface area contributed by atoms with E-state index in [0.717, 1.165) is 40.8 Å². The molecule has 0 atom stereocenters. The lowest BCUT2D eigenvalue weighted by atomic mass is 10.1. The van der Waals surface area contributed by atoms with Crippen LogP contribution in [0.25, 0.3) is 21.9 Å². The summed E-state index contributed by atoms with van der Waals surface area (Å²) >= 11 is 0. The van der Waals surface area contributed by atoms with Gasteiger partial charge in [0.15, 0.2) is 5.82 Å². The van der Waals surface area contributed by atoms with Crippen molar-refractivity contribution >= 4 is 33.4 Å². The van der Waals surface area contributed by atoms with Gasteiger partial charge in [-0.15, -0.1) is 5.10 Å². The Bertz CT molecular complexity index is 1080. The number of fused-ring (bicyclic) bond motifs is 2. The van der Waals surface area contributed by atoms with Gasteiger partial charge in [-0.2, -0.15) is 5.10 Å². The van der Waals surface area contributed by atoms with Crippen LogP contribution in [-0.2, 0) is 11.8 Å². The van der Waals surface area contributed by atoms with Crippen LogP contribution < -0.4 is 10.1 Å². The van der Waals surface area contributed by atoms with Gasteiger partial charge >= 0.3 is 0 Å². The van der Waals surface area contributed by atoms with E-state index in [1.165, 1.54) is 0 Å². The fourth-order valence-electron chi connectivity index (χ4n) is 3.06. The smallest absolute Gasteiger partial charge is 0.240 e. The number of ether oxygens (including phenoxy) is 2. The molecule has 1 aliphatic rings. The molecule has 0 saturated carbocycles. The molecular formula is C18H18N6O2. The van der Waals surface area contributed by atoms with Gasteiger partial charge in [-0.3, -0.25) is 14.8 Å². The summed E-state index contributed by atoms with van der Waals surface area (Å²) in [7, 11) is 1.91. The van der Waals surface area contributed by atoms with Crippen LogP contribution in [0.1, 0.15) is 0 Å². The van der Waals surface area contributed by atoms with Crippen molar-refractivity contribution in [2.45, 2.75) is 0 Å². The Labute approximate surface area is 149 Å². The number of H-pyrrole nitrogens is 1. The third-order valence-corrected chi connectivity index (χ3v) is 4.56. The molecule has 2 N–H and O–H groups in total. The fraction of sp³-hybridized carbons (Fsp3) is 0.278. The zero-order chi connectivity index (χ0) is 17.5. The summed E-state index contributed by atoms with van der Waals surface area (Å²) in [5, 5.41) is 16.1. The molecule has 0 amide bonds. The van der Waals surface area contributed by atoms with Crippen LogP contribution >= 0.6 is 0 Å². The predicted molar refractivity (Wildman–Crippen MR) is 97.7 cm³/mol. The van der Waals surface area contributed by atoms with Gasteiger partial charge in [0.1, 0.15) is 5.52 Å². The molecule has 132 valence electrons. The van der Waals surface area contributed by atoms with Gasteiger partial charge in [0.25, 0.3) is 0 Å². The van der Waals surface area contributed by atoms with Crippen LogP contribution in [0, 0.1) is 5.92 Å². The fourth-order valence-corrected chi connectivity index (χ4v) is 3.06. The second-order valence-electron chi connectivity index (χ2n) is 6.47. The zero-order valence-corrected chi connectivity index (χ0v) is 14.3. The highest BCUT2D eigenvalue weighted by Gasteiger charge is 2.20. The van der Waals surface area contributed by atoms with Crippen molar-refractivity contribution in [2.24, 2.45) is 13.0 Å². The number of hydrogen-bond acceptors (Lipinski definition) is 6. The minimum Gasteiger partial charge on any atom is -0.476 e. The number of benzene rings is 1. The lowest BCUT2D eigenvalue weighted by Gasteiger charge is -2.25. The van der Waals surface area contributed by atoms with Crippen molar-refractivity contribution in [3.8, 4) is 5.88 Å². The SMILES string of the molecule is Cn1nc(OCC2COC2)c2ccc(Nc3n[nH]c4cccnc34)cc21. The second-order valence-corrected chi connectivity index (χ2v) is 6.47. The van der Waals surface area contributed by atoms with Gasteiger partial charge in [-0.05, 0) is 30.3 Å². The Kier molecular flexibility index (Phi) is 3.49. The van der Waals surface area contributed by atoms with Crippen LogP contribution in [0.15, 0.2) is 36.5 Å². The first-order chi connectivity index (χ1) is 12.8. The Balaban J connectivity index is 1.43. The first-order valence-electron chi connectivity index (χ1n) is 8.51. The van der Waals surface area contributed by atoms with E-state index < -0.39 is 0 Å². The minimum absolute atomic E-state index is 0.466. The minimum atomic E-state index is 0.466. The maximum absolute atomic E-state index is 5.89. The standard InChI is InChI=1S/C18H18N6O2/c1-24-15-7-12(20-17-16-14(21-22-17)3-2-6-19-16)4-5-13(15)18(23-24)26-10-11-8-25-9-11/h2-7,11H,8-10H2,1H3,(H2,20,21,22). The van der Waals surface area contributed by atoms with Crippen LogP contribution in [0.2, 0.25) is 0 Å². The predicted octanol–water partition coefficient (Wildman–Crippen LogP) is 2.61. The van der Waals surface area contributed by atoms with E-state index in [-0.39, 0.29) is 0 Å². The molecule has 0 unspecified atom stereocenters. The molecule has 5 rings (SSSR count). The zero-order valence-electron chi connectivity index (χ0n) is 14.3. The normalized spacial score (nSPS) is 14.7. The molecule has 0 radical (unpaired) electrons. The van der Waals surface area contributed by atoms with Gasteiger partial charge in [-0.1, -0.05) is 0 Å². The summed E-state index contributed by atoms with van der Waals surface area (Å²) in [6, 6.07) is 9.86. The number of aryl methyl sites for hydroxylation is 1. The van der Waals surface area contributed by atoms with Gasteiger partial charge in [0.05, 0.1) is 36.2 Å². The van der Waals surface area contributed by atoms with E-state index in [4.69, 9.17) is 9.47 Å². The first-order valence-corrected chi connectivity index (χ1v) is 8.51. The summed E-state index contributed by atoms with van der Waals surface area (Å²) in [6.07, 6.45) is 1.75. The Hall–Kier alpha value is -3.13. The highest BCUT2D eigenvalue weighted by Crippen LogP contribution is 2.29. The Morgan fingerprint density at radius 1 is 1.35 bits per heavy atom. The molecule has 1 saturated heterocycles. The summed E-state index contributed by atoms with van der Waals surface area (Å²) in [4.78, 5) is 4.37. The van der Waals surface area contributed by atoms with Crippen molar-refractivity contribution in [3.05, 3.63) is 36.5 Å². The van der Waals surface area contributed by atoms with Crippen molar-refractivity contribution in [1.82, 2.24) is 25.0 Å². The lowest BCUT2D eigenvalue weighted by molar-refractivity contribution is -0.0512. The molecule has 0 spiro atoms. The van der Waals surface area contributed by atoms with Gasteiger partial charge in [-0.25, -0.2) is 0 Å². The number of anilines is 2. The van der Waals surface area contributed by atoms with E-state index in [2.05, 4.69) is 25.6 Å². The molecule has 1 aliphatic heterocycles. The van der Waals surface area contributed by atoms with Crippen LogP contribution in [0.5, 0.6) is 5.88 Å². The molecule has 26 heavy (non-hydrogen) atoms. The summed E-state index contributed by atoms with van der Waals surface area (Å²) in [6.45, 7) is 2.17. The lowest BCUT2D eigenvalue weighted by Crippen LogP contribution is -2.32. The first kappa shape index (κ1) is 15.2. The number of rotatable bonds is 5. The molecule has 4 heterocycles. The van der Waals surface area contributed by atoms with Gasteiger partial charge in [0, 0.05) is 24.8 Å². The largest absolute Gasteiger partial charge is 0.476 e. The summed E-state index contributed by atoms with van der Waals surface area (Å²) < 4.78 is 12.9. The molecule has 0 aliphatic carbocycles. The highest BCUT2D eigenvalue weighted by atomic mass is 16.5. The maximum atomic E-state index is 5.89. The van der Waals surface area contributed by atoms with Crippen LogP contribution in [-0.4, -0.2) is 44.8 Å². The average Bonchev–Trinajstić information content (AvgIpc) is 3.16. The third-order valence-electron chi connectivity index (χ3n) is 4.56. The van der Waals surface area contributed by atoms with Crippen molar-refractivity contribution in [3.63, 3.8) is 0 Å². The number of nitrogens with zero attached hydrogens (tertiary/aromatic N) is 4. The molecule has 8 nitrogen and oxygen atoms in total. The van der Waals surface area contributed by atoms with E-state index in [1.807, 2.05) is 42.1 Å². The second kappa shape index (κ2) is 5.99. The molecule has 0 bridgehead atoms. The van der Waals surface area contributed by atoms with Gasteiger partial charge in [0.2, 0.25) is 5.88 Å². The Morgan fingerprint density at radius 2 is 2.27 bits per heavy atom. The summed E-state index contributed by atoms with van der Waals surface area (Å²) in [5.41, 5.74) is 3.61. The maximum Gasteiger partial charge on any atom is 0.240 e. The molecule has 4 aromatic rings. The average molecular weight is 350 g/mol. The molecule has 8 heteroatoms. The number of nitrogens with one attached hydrogen (secondary N) is 2. The van der Waals surface area contributed by atoms with E-state index in [0.29, 0.717) is 24.2 Å². The third kappa shape index (κ3) is 2.55. The quantitative estimate of drug-likeness (QED) is 0.575. The number of aromatic nitrogens is 5. The molecular weight excluding hydrogens is 332 g/mol. The van der Waals surface area contributed by atoms with Gasteiger partial charge < -0.3 is 14.8 Å². The van der Waals surface area contributed by atoms with Crippen LogP contribution in [0.4, 0.5) is 11.5 Å². The molecule has 1 aromatic carbocycles. The topological polar surface area (TPSA) is 89.9 Å². The van der Waals surface area contributed by atoms with E-state index >= 15 is 0 Å². The Morgan fingerprint density at radius 3 is 3.12 bits per heavy atom. The van der Waals surface area contributed by atoms with E-state index in [9.17, 15) is 0 Å². The summed E-state index contributed by atoms with van der Waals surface area (Å²) in [5.74, 6) is 1.82. The van der Waals surface area contributed by atoms with Crippen molar-refractivity contribution in [1.29, 1.82) is 0 Å². The highest BCUT2D eigenvalue weighted by molar-refractivity contribution is 5.91. The molecule has 3 aromatic heterocycles. The van der Waals surface area contributed by atoms with Crippen molar-refractivity contribution in [2.75, 3.05) is 25.1 Å². The number of pyridine rings is 1. The van der Waals surface area contributed by atoms with Crippen LogP contribution in [0.3, 0.4) is 0 Å². The van der Waals surface area contributed by atoms with Crippen molar-refractivity contribution < 1.29 is 9.47 Å². The number of aromatic amines is 1. The monoisotopic (exact) mass is 350 g/mol. The molecule has 1 fully saturated rings.